The summed E-state index contributed by atoms with van der Waals surface area (Å²) in [6.45, 7) is 8.63. The lowest BCUT2D eigenvalue weighted by atomic mass is 10.1. The number of nitrogens with zero attached hydrogens (tertiary/aromatic N) is 2. The number of hydrogen-bond donors (Lipinski definition) is 0. The summed E-state index contributed by atoms with van der Waals surface area (Å²) in [5.74, 6) is -0.304. The summed E-state index contributed by atoms with van der Waals surface area (Å²) >= 11 is 1.54. The highest BCUT2D eigenvalue weighted by Crippen LogP contribution is 2.22. The van der Waals surface area contributed by atoms with Crippen LogP contribution in [0.2, 0.25) is 0 Å². The van der Waals surface area contributed by atoms with E-state index in [0.29, 0.717) is 15.9 Å². The Bertz CT molecular complexity index is 1060. The number of aryl methyl sites for hydroxylation is 3. The SMILES string of the molecule is CCCn1c(=NC(=O)c2ccc(C(C)=O)cc2)sc2cc(C)c(C)cc21. The van der Waals surface area contributed by atoms with E-state index in [-0.39, 0.29) is 11.7 Å². The Labute approximate surface area is 156 Å². The molecule has 0 radical (unpaired) electrons. The van der Waals surface area contributed by atoms with Crippen LogP contribution in [0.3, 0.4) is 0 Å². The molecule has 0 aliphatic heterocycles. The molecule has 0 unspecified atom stereocenters. The van der Waals surface area contributed by atoms with E-state index in [2.05, 4.69) is 42.5 Å². The number of fused-ring (bicyclic) bond motifs is 1. The molecule has 0 spiro atoms. The van der Waals surface area contributed by atoms with E-state index < -0.39 is 0 Å². The molecular formula is C21H22N2O2S. The first-order chi connectivity index (χ1) is 12.4. The van der Waals surface area contributed by atoms with Crippen LogP contribution < -0.4 is 4.80 Å². The van der Waals surface area contributed by atoms with Gasteiger partial charge in [0.25, 0.3) is 5.91 Å². The van der Waals surface area contributed by atoms with Crippen LogP contribution in [0.4, 0.5) is 0 Å². The fourth-order valence-electron chi connectivity index (χ4n) is 2.85. The van der Waals surface area contributed by atoms with Crippen molar-refractivity contribution in [1.82, 2.24) is 4.57 Å². The Morgan fingerprint density at radius 1 is 1.04 bits per heavy atom. The van der Waals surface area contributed by atoms with Gasteiger partial charge in [0.2, 0.25) is 0 Å². The Hall–Kier alpha value is -2.53. The average Bonchev–Trinajstić information content (AvgIpc) is 2.92. The van der Waals surface area contributed by atoms with Crippen molar-refractivity contribution in [2.24, 2.45) is 4.99 Å². The first-order valence-electron chi connectivity index (χ1n) is 8.71. The van der Waals surface area contributed by atoms with Crippen LogP contribution in [0.15, 0.2) is 41.4 Å². The molecule has 1 heterocycles. The summed E-state index contributed by atoms with van der Waals surface area (Å²) in [5.41, 5.74) is 4.68. The number of carbonyl (C=O) groups is 2. The van der Waals surface area contributed by atoms with Crippen molar-refractivity contribution in [3.63, 3.8) is 0 Å². The van der Waals surface area contributed by atoms with E-state index in [0.717, 1.165) is 23.2 Å². The number of aromatic nitrogens is 1. The number of ketones is 1. The number of carbonyl (C=O) groups excluding carboxylic acids is 2. The minimum absolute atomic E-state index is 0.0167. The van der Waals surface area contributed by atoms with E-state index in [4.69, 9.17) is 0 Å². The second kappa shape index (κ2) is 7.38. The van der Waals surface area contributed by atoms with Crippen molar-refractivity contribution in [2.45, 2.75) is 40.7 Å². The Balaban J connectivity index is 2.09. The van der Waals surface area contributed by atoms with Gasteiger partial charge in [0.1, 0.15) is 0 Å². The average molecular weight is 366 g/mol. The maximum atomic E-state index is 12.6. The topological polar surface area (TPSA) is 51.4 Å². The summed E-state index contributed by atoms with van der Waals surface area (Å²) in [7, 11) is 0. The maximum Gasteiger partial charge on any atom is 0.279 e. The van der Waals surface area contributed by atoms with E-state index in [1.807, 2.05) is 0 Å². The fourth-order valence-corrected chi connectivity index (χ4v) is 3.98. The van der Waals surface area contributed by atoms with E-state index in [1.165, 1.54) is 29.4 Å². The third kappa shape index (κ3) is 3.53. The number of hydrogen-bond acceptors (Lipinski definition) is 3. The van der Waals surface area contributed by atoms with Crippen LogP contribution in [0.5, 0.6) is 0 Å². The largest absolute Gasteiger partial charge is 0.316 e. The van der Waals surface area contributed by atoms with Gasteiger partial charge in [0.05, 0.1) is 10.2 Å². The lowest BCUT2D eigenvalue weighted by Gasteiger charge is -2.05. The molecule has 0 fully saturated rings. The molecule has 1 amide bonds. The molecule has 3 aromatic rings. The lowest BCUT2D eigenvalue weighted by molar-refractivity contribution is 0.0991. The Morgan fingerprint density at radius 2 is 1.65 bits per heavy atom. The molecule has 3 rings (SSSR count). The first kappa shape index (κ1) is 18.3. The standard InChI is InChI=1S/C21H22N2O2S/c1-5-10-23-18-11-13(2)14(3)12-19(18)26-21(23)22-20(25)17-8-6-16(7-9-17)15(4)24/h6-9,11-12H,5,10H2,1-4H3. The van der Waals surface area contributed by atoms with Gasteiger partial charge in [0.15, 0.2) is 10.6 Å². The smallest absolute Gasteiger partial charge is 0.279 e. The minimum Gasteiger partial charge on any atom is -0.316 e. The first-order valence-corrected chi connectivity index (χ1v) is 9.53. The molecule has 0 bridgehead atoms. The van der Waals surface area contributed by atoms with Gasteiger partial charge in [-0.2, -0.15) is 4.99 Å². The van der Waals surface area contributed by atoms with Crippen molar-refractivity contribution in [3.05, 3.63) is 63.5 Å². The van der Waals surface area contributed by atoms with Crippen molar-refractivity contribution in [1.29, 1.82) is 0 Å². The Morgan fingerprint density at radius 3 is 2.27 bits per heavy atom. The molecule has 1 aromatic heterocycles. The molecule has 0 aliphatic rings. The van der Waals surface area contributed by atoms with Gasteiger partial charge in [-0.25, -0.2) is 0 Å². The quantitative estimate of drug-likeness (QED) is 0.630. The number of thiazole rings is 1. The van der Waals surface area contributed by atoms with Crippen molar-refractivity contribution in [2.75, 3.05) is 0 Å². The predicted molar refractivity (Wildman–Crippen MR) is 106 cm³/mol. The summed E-state index contributed by atoms with van der Waals surface area (Å²) in [6.07, 6.45) is 0.966. The molecule has 5 heteroatoms. The van der Waals surface area contributed by atoms with E-state index >= 15 is 0 Å². The molecule has 134 valence electrons. The van der Waals surface area contributed by atoms with Gasteiger partial charge in [0, 0.05) is 17.7 Å². The third-order valence-corrected chi connectivity index (χ3v) is 5.52. The zero-order valence-corrected chi connectivity index (χ0v) is 16.3. The highest BCUT2D eigenvalue weighted by Gasteiger charge is 2.11. The molecule has 0 aliphatic carbocycles. The second-order valence-electron chi connectivity index (χ2n) is 6.49. The van der Waals surface area contributed by atoms with E-state index in [1.54, 1.807) is 24.3 Å². The lowest BCUT2D eigenvalue weighted by Crippen LogP contribution is -2.17. The van der Waals surface area contributed by atoms with Crippen LogP contribution in [0.25, 0.3) is 10.2 Å². The monoisotopic (exact) mass is 366 g/mol. The molecule has 0 N–H and O–H groups in total. The van der Waals surface area contributed by atoms with Crippen molar-refractivity contribution >= 4 is 33.2 Å². The maximum absolute atomic E-state index is 12.6. The number of benzene rings is 2. The normalized spacial score (nSPS) is 11.9. The second-order valence-corrected chi connectivity index (χ2v) is 7.50. The van der Waals surface area contributed by atoms with Gasteiger partial charge in [-0.05, 0) is 62.6 Å². The summed E-state index contributed by atoms with van der Waals surface area (Å²) < 4.78 is 3.26. The van der Waals surface area contributed by atoms with Gasteiger partial charge in [-0.3, -0.25) is 9.59 Å². The highest BCUT2D eigenvalue weighted by atomic mass is 32.1. The van der Waals surface area contributed by atoms with Gasteiger partial charge in [-0.1, -0.05) is 30.4 Å². The molecular weight excluding hydrogens is 344 g/mol. The van der Waals surface area contributed by atoms with Crippen LogP contribution in [-0.2, 0) is 6.54 Å². The minimum atomic E-state index is -0.287. The molecule has 26 heavy (non-hydrogen) atoms. The summed E-state index contributed by atoms with van der Waals surface area (Å²) in [4.78, 5) is 29.1. The number of amides is 1. The zero-order chi connectivity index (χ0) is 18.8. The predicted octanol–water partition coefficient (Wildman–Crippen LogP) is 4.67. The van der Waals surface area contributed by atoms with Crippen LogP contribution in [0.1, 0.15) is 52.1 Å². The third-order valence-electron chi connectivity index (χ3n) is 4.48. The van der Waals surface area contributed by atoms with Crippen molar-refractivity contribution < 1.29 is 9.59 Å². The summed E-state index contributed by atoms with van der Waals surface area (Å²) in [6, 6.07) is 11.0. The van der Waals surface area contributed by atoms with Crippen LogP contribution in [0, 0.1) is 13.8 Å². The van der Waals surface area contributed by atoms with Gasteiger partial charge >= 0.3 is 0 Å². The van der Waals surface area contributed by atoms with Crippen LogP contribution >= 0.6 is 11.3 Å². The van der Waals surface area contributed by atoms with Gasteiger partial charge in [-0.15, -0.1) is 0 Å². The Kier molecular flexibility index (Phi) is 5.18. The van der Waals surface area contributed by atoms with Crippen LogP contribution in [-0.4, -0.2) is 16.3 Å². The highest BCUT2D eigenvalue weighted by molar-refractivity contribution is 7.16. The molecule has 0 atom stereocenters. The van der Waals surface area contributed by atoms with E-state index in [9.17, 15) is 9.59 Å². The summed E-state index contributed by atoms with van der Waals surface area (Å²) in [5, 5.41) is 0. The molecule has 2 aromatic carbocycles. The fraction of sp³-hybridized carbons (Fsp3) is 0.286. The number of Topliss-reactive ketones (excluding diaryl/α,β-unsaturated/α-hetero) is 1. The number of rotatable bonds is 4. The molecule has 4 nitrogen and oxygen atoms in total. The zero-order valence-electron chi connectivity index (χ0n) is 15.5. The molecule has 0 saturated heterocycles. The van der Waals surface area contributed by atoms with Crippen molar-refractivity contribution in [3.8, 4) is 0 Å². The molecule has 0 saturated carbocycles. The van der Waals surface area contributed by atoms with Gasteiger partial charge < -0.3 is 4.57 Å².